The van der Waals surface area contributed by atoms with Crippen molar-refractivity contribution in [3.63, 3.8) is 0 Å². The van der Waals surface area contributed by atoms with Crippen molar-refractivity contribution in [3.8, 4) is 23.1 Å². The highest BCUT2D eigenvalue weighted by molar-refractivity contribution is 5.71. The monoisotopic (exact) mass is 295 g/mol. The molecule has 108 valence electrons. The highest BCUT2D eigenvalue weighted by atomic mass is 19.4. The van der Waals surface area contributed by atoms with Crippen molar-refractivity contribution in [3.05, 3.63) is 36.2 Å². The molecule has 3 aromatic rings. The first-order chi connectivity index (χ1) is 9.95. The van der Waals surface area contributed by atoms with Crippen LogP contribution in [0.1, 0.15) is 5.56 Å². The highest BCUT2D eigenvalue weighted by Crippen LogP contribution is 2.34. The van der Waals surface area contributed by atoms with Crippen molar-refractivity contribution >= 4 is 5.69 Å². The topological polar surface area (TPSA) is 93.6 Å². The van der Waals surface area contributed by atoms with Crippen LogP contribution in [0.3, 0.4) is 0 Å². The Kier molecular flexibility index (Phi) is 2.89. The smallest absolute Gasteiger partial charge is 0.398 e. The van der Waals surface area contributed by atoms with Crippen LogP contribution in [-0.2, 0) is 6.18 Å². The van der Waals surface area contributed by atoms with Crippen molar-refractivity contribution in [1.29, 1.82) is 0 Å². The predicted octanol–water partition coefficient (Wildman–Crippen LogP) is 2.73. The minimum Gasteiger partial charge on any atom is -0.398 e. The molecule has 9 heteroatoms. The van der Waals surface area contributed by atoms with E-state index in [1.54, 1.807) is 6.20 Å². The predicted molar refractivity (Wildman–Crippen MR) is 66.7 cm³/mol. The number of nitrogens with zero attached hydrogens (tertiary/aromatic N) is 3. The Hall–Kier alpha value is -2.84. The maximum Gasteiger partial charge on any atom is 0.416 e. The second-order valence-corrected chi connectivity index (χ2v) is 4.16. The molecule has 0 aliphatic heterocycles. The standard InChI is InChI=1S/C12H8F3N5O/c13-12(14,15)6-1-2-7(8(16)5-6)11-19-10(20-21-11)9-17-3-4-18-9/h1-5H,16H2,(H,17,18). The summed E-state index contributed by atoms with van der Waals surface area (Å²) in [5, 5.41) is 3.69. The third-order valence-electron chi connectivity index (χ3n) is 2.75. The van der Waals surface area contributed by atoms with Gasteiger partial charge in [0.15, 0.2) is 5.82 Å². The first kappa shape index (κ1) is 13.2. The minimum atomic E-state index is -4.46. The third-order valence-corrected chi connectivity index (χ3v) is 2.75. The number of alkyl halides is 3. The van der Waals surface area contributed by atoms with Gasteiger partial charge in [-0.05, 0) is 18.2 Å². The van der Waals surface area contributed by atoms with Crippen LogP contribution < -0.4 is 5.73 Å². The molecule has 0 radical (unpaired) electrons. The Bertz CT molecular complexity index is 764. The number of rotatable bonds is 2. The van der Waals surface area contributed by atoms with Gasteiger partial charge in [-0.2, -0.15) is 18.2 Å². The normalized spacial score (nSPS) is 11.8. The Morgan fingerprint density at radius 3 is 2.67 bits per heavy atom. The molecule has 0 fully saturated rings. The SMILES string of the molecule is Nc1cc(C(F)(F)F)ccc1-c1nc(-c2ncc[nH]2)no1. The summed E-state index contributed by atoms with van der Waals surface area (Å²) < 4.78 is 42.7. The number of nitrogen functional groups attached to an aromatic ring is 1. The van der Waals surface area contributed by atoms with Gasteiger partial charge in [0.1, 0.15) is 0 Å². The third kappa shape index (κ3) is 2.45. The quantitative estimate of drug-likeness (QED) is 0.709. The molecule has 0 saturated heterocycles. The van der Waals surface area contributed by atoms with E-state index in [1.807, 2.05) is 0 Å². The summed E-state index contributed by atoms with van der Waals surface area (Å²) in [7, 11) is 0. The van der Waals surface area contributed by atoms with Crippen LogP contribution in [0, 0.1) is 0 Å². The largest absolute Gasteiger partial charge is 0.416 e. The van der Waals surface area contributed by atoms with Crippen LogP contribution in [0.25, 0.3) is 23.1 Å². The van der Waals surface area contributed by atoms with Crippen LogP contribution in [-0.4, -0.2) is 20.1 Å². The molecule has 0 bridgehead atoms. The summed E-state index contributed by atoms with van der Waals surface area (Å²) in [4.78, 5) is 10.8. The lowest BCUT2D eigenvalue weighted by atomic mass is 10.1. The number of hydrogen-bond donors (Lipinski definition) is 2. The lowest BCUT2D eigenvalue weighted by Crippen LogP contribution is -2.06. The molecule has 0 aliphatic carbocycles. The molecule has 2 aromatic heterocycles. The number of H-pyrrole nitrogens is 1. The maximum absolute atomic E-state index is 12.6. The van der Waals surface area contributed by atoms with E-state index in [1.165, 1.54) is 12.3 Å². The van der Waals surface area contributed by atoms with E-state index in [0.717, 1.165) is 12.1 Å². The molecule has 2 heterocycles. The molecule has 0 spiro atoms. The molecule has 3 rings (SSSR count). The number of nitrogens with two attached hydrogens (primary N) is 1. The minimum absolute atomic E-state index is 0.0209. The summed E-state index contributed by atoms with van der Waals surface area (Å²) in [6.45, 7) is 0. The van der Waals surface area contributed by atoms with Crippen LogP contribution in [0.5, 0.6) is 0 Å². The molecular weight excluding hydrogens is 287 g/mol. The fourth-order valence-electron chi connectivity index (χ4n) is 1.75. The molecule has 3 N–H and O–H groups in total. The zero-order valence-corrected chi connectivity index (χ0v) is 10.3. The lowest BCUT2D eigenvalue weighted by molar-refractivity contribution is -0.137. The zero-order chi connectivity index (χ0) is 15.0. The highest BCUT2D eigenvalue weighted by Gasteiger charge is 2.31. The van der Waals surface area contributed by atoms with E-state index < -0.39 is 11.7 Å². The van der Waals surface area contributed by atoms with Gasteiger partial charge in [0.05, 0.1) is 11.1 Å². The summed E-state index contributed by atoms with van der Waals surface area (Å²) in [6, 6.07) is 2.92. The molecule has 0 amide bonds. The van der Waals surface area contributed by atoms with Gasteiger partial charge in [0.25, 0.3) is 5.89 Å². The number of anilines is 1. The number of aromatic nitrogens is 4. The zero-order valence-electron chi connectivity index (χ0n) is 10.3. The average molecular weight is 295 g/mol. The summed E-state index contributed by atoms with van der Waals surface area (Å²) in [5.74, 6) is 0.595. The van der Waals surface area contributed by atoms with E-state index in [4.69, 9.17) is 10.3 Å². The van der Waals surface area contributed by atoms with Gasteiger partial charge in [0.2, 0.25) is 5.82 Å². The number of benzene rings is 1. The molecule has 0 unspecified atom stereocenters. The van der Waals surface area contributed by atoms with Gasteiger partial charge in [-0.15, -0.1) is 0 Å². The molecule has 0 saturated carbocycles. The summed E-state index contributed by atoms with van der Waals surface area (Å²) in [5.41, 5.74) is 4.92. The first-order valence-electron chi connectivity index (χ1n) is 5.75. The molecule has 21 heavy (non-hydrogen) atoms. The maximum atomic E-state index is 12.6. The fourth-order valence-corrected chi connectivity index (χ4v) is 1.75. The Morgan fingerprint density at radius 2 is 2.05 bits per heavy atom. The van der Waals surface area contributed by atoms with Crippen molar-refractivity contribution < 1.29 is 17.7 Å². The van der Waals surface area contributed by atoms with Crippen molar-refractivity contribution in [2.45, 2.75) is 6.18 Å². The number of halogens is 3. The fraction of sp³-hybridized carbons (Fsp3) is 0.0833. The van der Waals surface area contributed by atoms with Gasteiger partial charge < -0.3 is 15.2 Å². The molecule has 0 atom stereocenters. The Balaban J connectivity index is 1.98. The van der Waals surface area contributed by atoms with E-state index in [-0.39, 0.29) is 23.0 Å². The Morgan fingerprint density at radius 1 is 1.24 bits per heavy atom. The molecular formula is C12H8F3N5O. The second kappa shape index (κ2) is 4.62. The number of hydrogen-bond acceptors (Lipinski definition) is 5. The second-order valence-electron chi connectivity index (χ2n) is 4.16. The van der Waals surface area contributed by atoms with E-state index in [2.05, 4.69) is 20.1 Å². The van der Waals surface area contributed by atoms with E-state index in [0.29, 0.717) is 5.82 Å². The molecule has 0 aliphatic rings. The van der Waals surface area contributed by atoms with Gasteiger partial charge >= 0.3 is 6.18 Å². The van der Waals surface area contributed by atoms with Crippen molar-refractivity contribution in [2.24, 2.45) is 0 Å². The van der Waals surface area contributed by atoms with Crippen molar-refractivity contribution in [2.75, 3.05) is 5.73 Å². The summed E-state index contributed by atoms with van der Waals surface area (Å²) in [6.07, 6.45) is -1.36. The summed E-state index contributed by atoms with van der Waals surface area (Å²) >= 11 is 0. The number of nitrogens with one attached hydrogen (secondary N) is 1. The van der Waals surface area contributed by atoms with Crippen LogP contribution in [0.15, 0.2) is 35.1 Å². The average Bonchev–Trinajstić information content (AvgIpc) is 3.08. The van der Waals surface area contributed by atoms with Crippen molar-refractivity contribution in [1.82, 2.24) is 20.1 Å². The van der Waals surface area contributed by atoms with Crippen LogP contribution in [0.4, 0.5) is 18.9 Å². The van der Waals surface area contributed by atoms with Gasteiger partial charge in [-0.25, -0.2) is 4.98 Å². The number of aromatic amines is 1. The molecule has 1 aromatic carbocycles. The Labute approximate surface area is 115 Å². The lowest BCUT2D eigenvalue weighted by Gasteiger charge is -2.08. The van der Waals surface area contributed by atoms with Gasteiger partial charge in [-0.1, -0.05) is 5.16 Å². The van der Waals surface area contributed by atoms with Gasteiger partial charge in [0, 0.05) is 18.1 Å². The van der Waals surface area contributed by atoms with Crippen LogP contribution >= 0.6 is 0 Å². The number of imidazole rings is 1. The molecule has 6 nitrogen and oxygen atoms in total. The van der Waals surface area contributed by atoms with Crippen LogP contribution in [0.2, 0.25) is 0 Å². The first-order valence-corrected chi connectivity index (χ1v) is 5.75. The van der Waals surface area contributed by atoms with Gasteiger partial charge in [-0.3, -0.25) is 0 Å². The van der Waals surface area contributed by atoms with E-state index >= 15 is 0 Å². The van der Waals surface area contributed by atoms with E-state index in [9.17, 15) is 13.2 Å².